The zero-order chi connectivity index (χ0) is 25.3. The number of carbonyl (C=O) groups excluding carboxylic acids is 2. The number of nitrogens with one attached hydrogen (secondary N) is 2. The maximum absolute atomic E-state index is 13.0. The Kier molecular flexibility index (Phi) is 6.98. The summed E-state index contributed by atoms with van der Waals surface area (Å²) in [6.45, 7) is 0. The van der Waals surface area contributed by atoms with Gasteiger partial charge in [0.2, 0.25) is 5.22 Å². The van der Waals surface area contributed by atoms with Gasteiger partial charge >= 0.3 is 18.4 Å². The third-order valence-corrected chi connectivity index (χ3v) is 4.66. The second-order valence-electron chi connectivity index (χ2n) is 6.45. The predicted molar refractivity (Wildman–Crippen MR) is 109 cm³/mol. The van der Waals surface area contributed by atoms with Crippen LogP contribution in [0.1, 0.15) is 21.5 Å². The summed E-state index contributed by atoms with van der Waals surface area (Å²) in [5, 5.41) is 7.30. The van der Waals surface area contributed by atoms with E-state index in [2.05, 4.69) is 10.4 Å². The third-order valence-electron chi connectivity index (χ3n) is 4.06. The SMILES string of the molecule is O=C(NC(=O)c1ccccc1Cl)NC1=C(Cl)ON(c2cc(C(F)(F)F)cc(C(F)(F)F)c2)N=C1. The molecule has 3 amide bonds. The van der Waals surface area contributed by atoms with Crippen molar-refractivity contribution in [3.8, 4) is 0 Å². The van der Waals surface area contributed by atoms with Crippen LogP contribution in [0.3, 0.4) is 0 Å². The minimum absolute atomic E-state index is 0.0101. The zero-order valence-corrected chi connectivity index (χ0v) is 17.8. The molecule has 0 atom stereocenters. The Morgan fingerprint density at radius 3 is 2.06 bits per heavy atom. The molecule has 34 heavy (non-hydrogen) atoms. The molecule has 180 valence electrons. The van der Waals surface area contributed by atoms with Gasteiger partial charge in [0.1, 0.15) is 11.4 Å². The minimum Gasteiger partial charge on any atom is -0.343 e. The van der Waals surface area contributed by atoms with E-state index in [4.69, 9.17) is 28.0 Å². The smallest absolute Gasteiger partial charge is 0.343 e. The Morgan fingerprint density at radius 1 is 0.941 bits per heavy atom. The van der Waals surface area contributed by atoms with Gasteiger partial charge in [-0.05, 0) is 41.9 Å². The molecule has 0 radical (unpaired) electrons. The summed E-state index contributed by atoms with van der Waals surface area (Å²) in [7, 11) is 0. The van der Waals surface area contributed by atoms with Crippen LogP contribution in [-0.4, -0.2) is 18.2 Å². The number of hydrogen-bond donors (Lipinski definition) is 2. The van der Waals surface area contributed by atoms with Crippen molar-refractivity contribution in [2.45, 2.75) is 12.4 Å². The van der Waals surface area contributed by atoms with Gasteiger partial charge in [0, 0.05) is 0 Å². The molecule has 1 aliphatic rings. The Labute approximate surface area is 196 Å². The van der Waals surface area contributed by atoms with Gasteiger partial charge in [-0.15, -0.1) is 5.10 Å². The van der Waals surface area contributed by atoms with E-state index in [1.807, 2.05) is 5.32 Å². The first-order chi connectivity index (χ1) is 15.8. The molecule has 0 saturated heterocycles. The Morgan fingerprint density at radius 2 is 1.53 bits per heavy atom. The first-order valence-corrected chi connectivity index (χ1v) is 9.59. The lowest BCUT2D eigenvalue weighted by Gasteiger charge is -2.24. The number of imide groups is 1. The van der Waals surface area contributed by atoms with E-state index in [1.54, 1.807) is 6.07 Å². The molecular weight excluding hydrogens is 517 g/mol. The van der Waals surface area contributed by atoms with Crippen LogP contribution in [-0.2, 0) is 17.2 Å². The van der Waals surface area contributed by atoms with Crippen LogP contribution in [0.15, 0.2) is 58.5 Å². The largest absolute Gasteiger partial charge is 0.416 e. The summed E-state index contributed by atoms with van der Waals surface area (Å²) in [6, 6.07) is 5.41. The molecule has 1 aliphatic heterocycles. The third kappa shape index (κ3) is 5.91. The van der Waals surface area contributed by atoms with Crippen molar-refractivity contribution in [1.82, 2.24) is 10.6 Å². The topological polar surface area (TPSA) is 83.0 Å². The number of alkyl halides is 6. The standard InChI is InChI=1S/C19H10Cl2F6N4O3/c20-13-4-2-1-3-12(13)16(32)30-17(33)29-14-8-28-31(34-15(14)21)11-6-9(18(22,23)24)5-10(7-11)19(25,26)27/h1-8H,(H2,29,30,32,33). The van der Waals surface area contributed by atoms with Crippen LogP contribution in [0.2, 0.25) is 5.02 Å². The van der Waals surface area contributed by atoms with E-state index >= 15 is 0 Å². The van der Waals surface area contributed by atoms with Crippen molar-refractivity contribution in [2.75, 3.05) is 5.17 Å². The van der Waals surface area contributed by atoms with Gasteiger partial charge in [-0.2, -0.15) is 26.3 Å². The molecule has 0 aromatic heterocycles. The highest BCUT2D eigenvalue weighted by molar-refractivity contribution is 6.34. The number of nitrogens with zero attached hydrogens (tertiary/aromatic N) is 2. The summed E-state index contributed by atoms with van der Waals surface area (Å²) in [5.74, 6) is -0.862. The molecule has 2 aromatic rings. The highest BCUT2D eigenvalue weighted by atomic mass is 35.5. The molecule has 0 spiro atoms. The first kappa shape index (κ1) is 25.2. The highest BCUT2D eigenvalue weighted by Crippen LogP contribution is 2.39. The highest BCUT2D eigenvalue weighted by Gasteiger charge is 2.38. The maximum Gasteiger partial charge on any atom is 0.416 e. The van der Waals surface area contributed by atoms with Gasteiger partial charge in [-0.25, -0.2) is 4.79 Å². The van der Waals surface area contributed by atoms with Gasteiger partial charge in [-0.1, -0.05) is 28.9 Å². The molecular formula is C19H10Cl2F6N4O3. The average Bonchev–Trinajstić information content (AvgIpc) is 2.73. The van der Waals surface area contributed by atoms with E-state index in [1.165, 1.54) is 18.2 Å². The summed E-state index contributed by atoms with van der Waals surface area (Å²) in [4.78, 5) is 29.1. The summed E-state index contributed by atoms with van der Waals surface area (Å²) in [6.07, 6.45) is -9.39. The van der Waals surface area contributed by atoms with Gasteiger partial charge in [0.15, 0.2) is 0 Å². The van der Waals surface area contributed by atoms with Gasteiger partial charge in [0.05, 0.1) is 27.9 Å². The van der Waals surface area contributed by atoms with Crippen LogP contribution in [0, 0.1) is 0 Å². The first-order valence-electron chi connectivity index (χ1n) is 8.84. The lowest BCUT2D eigenvalue weighted by atomic mass is 10.1. The fourth-order valence-electron chi connectivity index (χ4n) is 2.53. The molecule has 2 N–H and O–H groups in total. The van der Waals surface area contributed by atoms with Crippen molar-refractivity contribution in [2.24, 2.45) is 5.10 Å². The number of benzene rings is 2. The van der Waals surface area contributed by atoms with Crippen LogP contribution in [0.5, 0.6) is 0 Å². The molecule has 0 fully saturated rings. The number of amides is 3. The van der Waals surface area contributed by atoms with E-state index < -0.39 is 46.3 Å². The summed E-state index contributed by atoms with van der Waals surface area (Å²) in [5.41, 5.74) is -4.29. The van der Waals surface area contributed by atoms with Crippen molar-refractivity contribution >= 4 is 47.0 Å². The summed E-state index contributed by atoms with van der Waals surface area (Å²) >= 11 is 11.7. The Bertz CT molecular complexity index is 1170. The van der Waals surface area contributed by atoms with Crippen molar-refractivity contribution in [1.29, 1.82) is 0 Å². The second-order valence-corrected chi connectivity index (χ2v) is 7.20. The quantitative estimate of drug-likeness (QED) is 0.505. The molecule has 0 saturated carbocycles. The number of halogens is 8. The van der Waals surface area contributed by atoms with Crippen LogP contribution in [0.4, 0.5) is 36.8 Å². The van der Waals surface area contributed by atoms with Gasteiger partial charge in [-0.3, -0.25) is 10.1 Å². The lowest BCUT2D eigenvalue weighted by molar-refractivity contribution is -0.143. The van der Waals surface area contributed by atoms with Crippen LogP contribution < -0.4 is 15.8 Å². The average molecular weight is 527 g/mol. The molecule has 0 unspecified atom stereocenters. The number of urea groups is 1. The Hall–Kier alpha value is -3.45. The van der Waals surface area contributed by atoms with Crippen molar-refractivity contribution in [3.05, 3.63) is 75.1 Å². The fraction of sp³-hybridized carbons (Fsp3) is 0.105. The molecule has 7 nitrogen and oxygen atoms in total. The van der Waals surface area contributed by atoms with Gasteiger partial charge in [0.25, 0.3) is 5.91 Å². The summed E-state index contributed by atoms with van der Waals surface area (Å²) < 4.78 is 78.3. The molecule has 2 aromatic carbocycles. The maximum atomic E-state index is 13.0. The molecule has 0 bridgehead atoms. The number of allylic oxidation sites excluding steroid dienone is 1. The number of hydrazone groups is 1. The van der Waals surface area contributed by atoms with E-state index in [0.29, 0.717) is 17.3 Å². The van der Waals surface area contributed by atoms with Crippen LogP contribution >= 0.6 is 23.2 Å². The Balaban J connectivity index is 1.76. The van der Waals surface area contributed by atoms with Crippen molar-refractivity contribution < 1.29 is 40.8 Å². The number of carbonyl (C=O) groups is 2. The second kappa shape index (κ2) is 9.43. The molecule has 15 heteroatoms. The minimum atomic E-state index is -5.09. The van der Waals surface area contributed by atoms with E-state index in [9.17, 15) is 35.9 Å². The van der Waals surface area contributed by atoms with Crippen molar-refractivity contribution in [3.63, 3.8) is 0 Å². The normalized spacial score (nSPS) is 14.1. The molecule has 0 aliphatic carbocycles. The lowest BCUT2D eigenvalue weighted by Crippen LogP contribution is -2.40. The number of rotatable bonds is 3. The zero-order valence-electron chi connectivity index (χ0n) is 16.3. The van der Waals surface area contributed by atoms with Gasteiger partial charge < -0.3 is 10.2 Å². The van der Waals surface area contributed by atoms with E-state index in [0.717, 1.165) is 6.21 Å². The number of hydrogen-bond acceptors (Lipinski definition) is 5. The predicted octanol–water partition coefficient (Wildman–Crippen LogP) is 5.66. The molecule has 1 heterocycles. The number of anilines is 1. The fourth-order valence-corrected chi connectivity index (χ4v) is 2.91. The van der Waals surface area contributed by atoms with E-state index in [-0.39, 0.29) is 22.3 Å². The monoisotopic (exact) mass is 526 g/mol. The van der Waals surface area contributed by atoms with Crippen LogP contribution in [0.25, 0.3) is 0 Å². The molecule has 3 rings (SSSR count).